The van der Waals surface area contributed by atoms with Crippen molar-refractivity contribution in [1.29, 1.82) is 0 Å². The lowest BCUT2D eigenvalue weighted by Crippen LogP contribution is -2.69. The van der Waals surface area contributed by atoms with Crippen LogP contribution in [-0.2, 0) is 38.8 Å². The van der Waals surface area contributed by atoms with Gasteiger partial charge >= 0.3 is 0 Å². The number of nitrogens with zero attached hydrogens (tertiary/aromatic N) is 1. The van der Waals surface area contributed by atoms with Crippen LogP contribution < -0.4 is 0 Å². The van der Waals surface area contributed by atoms with Crippen LogP contribution in [-0.4, -0.2) is 41.5 Å². The van der Waals surface area contributed by atoms with Gasteiger partial charge in [-0.15, -0.1) is 0 Å². The van der Waals surface area contributed by atoms with Gasteiger partial charge in [-0.05, 0) is 16.7 Å². The summed E-state index contributed by atoms with van der Waals surface area (Å²) in [5.41, 5.74) is 2.24. The molecule has 2 aliphatic rings. The summed E-state index contributed by atoms with van der Waals surface area (Å²) in [7, 11) is 0. The second kappa shape index (κ2) is 12.0. The normalized spacial score (nSPS) is 26.7. The van der Waals surface area contributed by atoms with E-state index < -0.39 is 30.0 Å². The Morgan fingerprint density at radius 3 is 1.92 bits per heavy atom. The van der Waals surface area contributed by atoms with E-state index in [4.69, 9.17) is 18.9 Å². The van der Waals surface area contributed by atoms with Gasteiger partial charge < -0.3 is 18.9 Å². The van der Waals surface area contributed by atoms with E-state index in [-0.39, 0.29) is 31.2 Å². The van der Waals surface area contributed by atoms with Crippen LogP contribution in [0.1, 0.15) is 29.5 Å². The van der Waals surface area contributed by atoms with Crippen molar-refractivity contribution < 1.29 is 23.9 Å². The Hall–Kier alpha value is -3.36. The van der Waals surface area contributed by atoms with Gasteiger partial charge in [0.05, 0.1) is 26.4 Å². The minimum absolute atomic E-state index is 0.187. The van der Waals surface area contributed by atoms with Crippen LogP contribution in [0.15, 0.2) is 103 Å². The summed E-state index contributed by atoms with van der Waals surface area (Å²) in [6.45, 7) is 5.21. The van der Waals surface area contributed by atoms with Crippen LogP contribution in [0.4, 0.5) is 0 Å². The van der Waals surface area contributed by atoms with Crippen molar-refractivity contribution in [2.24, 2.45) is 0 Å². The van der Waals surface area contributed by atoms with Gasteiger partial charge in [0, 0.05) is 17.8 Å². The summed E-state index contributed by atoms with van der Waals surface area (Å²) < 4.78 is 25.4. The first-order valence-electron chi connectivity index (χ1n) is 13.0. The highest BCUT2D eigenvalue weighted by Crippen LogP contribution is 2.48. The lowest BCUT2D eigenvalue weighted by molar-refractivity contribution is -0.606. The summed E-state index contributed by atoms with van der Waals surface area (Å²) in [6.07, 6.45) is -2.20. The van der Waals surface area contributed by atoms with E-state index in [1.54, 1.807) is 0 Å². The van der Waals surface area contributed by atoms with Crippen molar-refractivity contribution in [3.63, 3.8) is 0 Å². The average Bonchev–Trinajstić information content (AvgIpc) is 3.29. The van der Waals surface area contributed by atoms with E-state index in [0.29, 0.717) is 13.0 Å². The van der Waals surface area contributed by atoms with E-state index >= 15 is 0 Å². The van der Waals surface area contributed by atoms with Crippen molar-refractivity contribution in [1.82, 2.24) is 0 Å². The molecule has 198 valence electrons. The first kappa shape index (κ1) is 26.3. The largest absolute Gasteiger partial charge is 0.374 e. The molecule has 5 atom stereocenters. The standard InChI is InChI=1S/C31H33NO6/c1-23-17-28-31(18-23,32(33)34)30(37-21-26-15-9-4-10-16-26)29(36-20-25-13-7-3-8-14-25)27(38-28)22-35-19-24-11-5-2-6-12-24/h2-16,27-30H,1,17-22H2/t27-,28?,29-,30+,31?/m1/s1. The Morgan fingerprint density at radius 2 is 1.37 bits per heavy atom. The lowest BCUT2D eigenvalue weighted by atomic mass is 9.80. The zero-order valence-electron chi connectivity index (χ0n) is 21.3. The molecule has 2 fully saturated rings. The van der Waals surface area contributed by atoms with Crippen molar-refractivity contribution in [2.75, 3.05) is 6.61 Å². The van der Waals surface area contributed by atoms with Crippen molar-refractivity contribution in [3.05, 3.63) is 130 Å². The van der Waals surface area contributed by atoms with Gasteiger partial charge in [0.2, 0.25) is 0 Å². The number of hydrogen-bond donors (Lipinski definition) is 0. The molecule has 1 saturated carbocycles. The average molecular weight is 516 g/mol. The van der Waals surface area contributed by atoms with E-state index in [0.717, 1.165) is 22.3 Å². The summed E-state index contributed by atoms with van der Waals surface area (Å²) in [4.78, 5) is 12.5. The van der Waals surface area contributed by atoms with E-state index in [9.17, 15) is 10.1 Å². The van der Waals surface area contributed by atoms with Gasteiger partial charge in [0.25, 0.3) is 5.54 Å². The minimum atomic E-state index is -1.48. The van der Waals surface area contributed by atoms with Gasteiger partial charge in [0.1, 0.15) is 18.3 Å². The zero-order chi connectivity index (χ0) is 26.4. The highest BCUT2D eigenvalue weighted by molar-refractivity contribution is 5.22. The summed E-state index contributed by atoms with van der Waals surface area (Å²) in [5, 5.41) is 12.8. The van der Waals surface area contributed by atoms with Gasteiger partial charge in [-0.3, -0.25) is 10.1 Å². The molecule has 7 heteroatoms. The Balaban J connectivity index is 1.43. The predicted octanol–water partition coefficient (Wildman–Crippen LogP) is 5.51. The van der Waals surface area contributed by atoms with Crippen molar-refractivity contribution in [3.8, 4) is 0 Å². The lowest BCUT2D eigenvalue weighted by Gasteiger charge is -2.46. The molecule has 1 heterocycles. The highest BCUT2D eigenvalue weighted by Gasteiger charge is 2.69. The molecular weight excluding hydrogens is 482 g/mol. The molecular formula is C31H33NO6. The maximum absolute atomic E-state index is 12.8. The van der Waals surface area contributed by atoms with Crippen LogP contribution in [0.25, 0.3) is 0 Å². The van der Waals surface area contributed by atoms with Crippen LogP contribution in [0.5, 0.6) is 0 Å². The molecule has 38 heavy (non-hydrogen) atoms. The molecule has 3 aromatic rings. The van der Waals surface area contributed by atoms with Crippen molar-refractivity contribution >= 4 is 0 Å². The topological polar surface area (TPSA) is 80.1 Å². The smallest absolute Gasteiger partial charge is 0.279 e. The molecule has 0 spiro atoms. The summed E-state index contributed by atoms with van der Waals surface area (Å²) >= 11 is 0. The minimum Gasteiger partial charge on any atom is -0.374 e. The molecule has 1 saturated heterocycles. The van der Waals surface area contributed by atoms with Crippen molar-refractivity contribution in [2.45, 2.75) is 62.6 Å². The Morgan fingerprint density at radius 1 is 0.842 bits per heavy atom. The SMILES string of the molecule is C=C1CC2O[C@H](COCc3ccccc3)[C@@H](OCc3ccccc3)[C@H](OCc3ccccc3)C2([N+](=O)[O-])C1. The maximum Gasteiger partial charge on any atom is 0.279 e. The second-order valence-corrected chi connectivity index (χ2v) is 10.0. The zero-order valence-corrected chi connectivity index (χ0v) is 21.3. The molecule has 2 unspecified atom stereocenters. The fourth-order valence-electron chi connectivity index (χ4n) is 5.49. The third kappa shape index (κ3) is 5.71. The fourth-order valence-corrected chi connectivity index (χ4v) is 5.49. The molecule has 3 aromatic carbocycles. The molecule has 0 aromatic heterocycles. The number of nitro groups is 1. The number of rotatable bonds is 11. The highest BCUT2D eigenvalue weighted by atomic mass is 16.7. The third-order valence-electron chi connectivity index (χ3n) is 7.35. The number of ether oxygens (including phenoxy) is 4. The molecule has 5 rings (SSSR count). The number of benzene rings is 3. The van der Waals surface area contributed by atoms with Crippen LogP contribution in [0.2, 0.25) is 0 Å². The Kier molecular flexibility index (Phi) is 8.29. The second-order valence-electron chi connectivity index (χ2n) is 10.0. The van der Waals surface area contributed by atoms with Gasteiger partial charge in [-0.2, -0.15) is 0 Å². The quantitative estimate of drug-likeness (QED) is 0.190. The first-order chi connectivity index (χ1) is 18.6. The third-order valence-corrected chi connectivity index (χ3v) is 7.35. The summed E-state index contributed by atoms with van der Waals surface area (Å²) in [6, 6.07) is 29.3. The van der Waals surface area contributed by atoms with Crippen LogP contribution in [0, 0.1) is 10.1 Å². The Labute approximate surface area is 223 Å². The van der Waals surface area contributed by atoms with Crippen LogP contribution in [0.3, 0.4) is 0 Å². The van der Waals surface area contributed by atoms with Gasteiger partial charge in [0.15, 0.2) is 6.10 Å². The molecule has 7 nitrogen and oxygen atoms in total. The number of fused-ring (bicyclic) bond motifs is 1. The first-order valence-corrected chi connectivity index (χ1v) is 13.0. The van der Waals surface area contributed by atoms with Crippen LogP contribution >= 0.6 is 0 Å². The molecule has 0 amide bonds. The number of hydrogen-bond acceptors (Lipinski definition) is 6. The van der Waals surface area contributed by atoms with E-state index in [1.165, 1.54) is 0 Å². The fraction of sp³-hybridized carbons (Fsp3) is 0.355. The predicted molar refractivity (Wildman–Crippen MR) is 143 cm³/mol. The molecule has 0 N–H and O–H groups in total. The van der Waals surface area contributed by atoms with Gasteiger partial charge in [-0.25, -0.2) is 0 Å². The Bertz CT molecular complexity index is 1200. The molecule has 1 aliphatic carbocycles. The molecule has 1 aliphatic heterocycles. The summed E-state index contributed by atoms with van der Waals surface area (Å²) in [5.74, 6) is 0. The molecule has 0 bridgehead atoms. The maximum atomic E-state index is 12.8. The molecule has 0 radical (unpaired) electrons. The van der Waals surface area contributed by atoms with E-state index in [1.807, 2.05) is 91.0 Å². The monoisotopic (exact) mass is 515 g/mol. The van der Waals surface area contributed by atoms with Gasteiger partial charge in [-0.1, -0.05) is 103 Å². The van der Waals surface area contributed by atoms with E-state index in [2.05, 4.69) is 6.58 Å².